The molecule has 0 aromatic heterocycles. The summed E-state index contributed by atoms with van der Waals surface area (Å²) in [6.07, 6.45) is 1.93. The second kappa shape index (κ2) is 6.87. The Morgan fingerprint density at radius 1 is 1.37 bits per heavy atom. The van der Waals surface area contributed by atoms with Gasteiger partial charge in [0.2, 0.25) is 0 Å². The van der Waals surface area contributed by atoms with Crippen LogP contribution in [0.4, 0.5) is 10.1 Å². The molecule has 0 spiro atoms. The Hall–Kier alpha value is -1.13. The van der Waals surface area contributed by atoms with E-state index in [0.717, 1.165) is 38.2 Å². The monoisotopic (exact) mass is 266 g/mol. The van der Waals surface area contributed by atoms with E-state index in [0.29, 0.717) is 18.3 Å². The molecule has 0 radical (unpaired) electrons. The molecule has 1 aliphatic heterocycles. The number of hydrogen-bond acceptors (Lipinski definition) is 3. The first-order valence-corrected chi connectivity index (χ1v) is 7.02. The van der Waals surface area contributed by atoms with E-state index in [9.17, 15) is 4.39 Å². The number of ether oxygens (including phenoxy) is 1. The maximum Gasteiger partial charge on any atom is 0.146 e. The van der Waals surface area contributed by atoms with Crippen LogP contribution in [0.2, 0.25) is 0 Å². The first-order chi connectivity index (χ1) is 9.22. The van der Waals surface area contributed by atoms with Gasteiger partial charge in [-0.25, -0.2) is 4.39 Å². The number of nitrogens with zero attached hydrogens (tertiary/aromatic N) is 1. The fourth-order valence-corrected chi connectivity index (χ4v) is 2.48. The number of rotatable bonds is 5. The van der Waals surface area contributed by atoms with Crippen LogP contribution in [0, 0.1) is 5.82 Å². The standard InChI is InChI=1S/C15H23FN2O/c1-3-17-11-12-4-5-15(14(16)10-12)18(2)13-6-8-19-9-7-13/h4-5,10,13,17H,3,6-9,11H2,1-2H3. The quantitative estimate of drug-likeness (QED) is 0.886. The zero-order valence-corrected chi connectivity index (χ0v) is 11.8. The van der Waals surface area contributed by atoms with Gasteiger partial charge in [-0.15, -0.1) is 0 Å². The van der Waals surface area contributed by atoms with E-state index in [1.54, 1.807) is 6.07 Å². The van der Waals surface area contributed by atoms with Gasteiger partial charge in [-0.3, -0.25) is 0 Å². The number of benzene rings is 1. The average Bonchev–Trinajstić information content (AvgIpc) is 2.45. The summed E-state index contributed by atoms with van der Waals surface area (Å²) in [4.78, 5) is 2.05. The molecule has 0 bridgehead atoms. The number of nitrogens with one attached hydrogen (secondary N) is 1. The van der Waals surface area contributed by atoms with Crippen LogP contribution >= 0.6 is 0 Å². The van der Waals surface area contributed by atoms with Gasteiger partial charge in [-0.05, 0) is 37.1 Å². The van der Waals surface area contributed by atoms with Crippen molar-refractivity contribution >= 4 is 5.69 Å². The Morgan fingerprint density at radius 2 is 2.11 bits per heavy atom. The lowest BCUT2D eigenvalue weighted by Crippen LogP contribution is -2.37. The summed E-state index contributed by atoms with van der Waals surface area (Å²) in [5, 5.41) is 3.21. The molecule has 1 saturated heterocycles. The first kappa shape index (κ1) is 14.3. The topological polar surface area (TPSA) is 24.5 Å². The summed E-state index contributed by atoms with van der Waals surface area (Å²) in [6.45, 7) is 5.20. The molecule has 0 amide bonds. The lowest BCUT2D eigenvalue weighted by Gasteiger charge is -2.33. The van der Waals surface area contributed by atoms with Gasteiger partial charge in [0.25, 0.3) is 0 Å². The molecule has 1 aromatic carbocycles. The zero-order valence-electron chi connectivity index (χ0n) is 11.8. The predicted octanol–water partition coefficient (Wildman–Crippen LogP) is 2.55. The Kier molecular flexibility index (Phi) is 5.16. The molecule has 1 fully saturated rings. The van der Waals surface area contributed by atoms with Crippen LogP contribution in [0.25, 0.3) is 0 Å². The van der Waals surface area contributed by atoms with Gasteiger partial charge >= 0.3 is 0 Å². The largest absolute Gasteiger partial charge is 0.381 e. The van der Waals surface area contributed by atoms with Gasteiger partial charge in [0, 0.05) is 32.8 Å². The van der Waals surface area contributed by atoms with E-state index >= 15 is 0 Å². The van der Waals surface area contributed by atoms with Crippen molar-refractivity contribution in [1.82, 2.24) is 5.32 Å². The minimum Gasteiger partial charge on any atom is -0.381 e. The van der Waals surface area contributed by atoms with E-state index in [1.165, 1.54) is 0 Å². The highest BCUT2D eigenvalue weighted by Gasteiger charge is 2.20. The van der Waals surface area contributed by atoms with Crippen LogP contribution in [0.5, 0.6) is 0 Å². The lowest BCUT2D eigenvalue weighted by atomic mass is 10.1. The molecule has 1 aromatic rings. The van der Waals surface area contributed by atoms with Crippen molar-refractivity contribution in [2.45, 2.75) is 32.4 Å². The Bertz CT molecular complexity index is 405. The summed E-state index contributed by atoms with van der Waals surface area (Å²) in [5.41, 5.74) is 1.68. The average molecular weight is 266 g/mol. The van der Waals surface area contributed by atoms with Crippen molar-refractivity contribution in [2.24, 2.45) is 0 Å². The van der Waals surface area contributed by atoms with Gasteiger partial charge in [-0.1, -0.05) is 13.0 Å². The molecular weight excluding hydrogens is 243 g/mol. The van der Waals surface area contributed by atoms with Crippen molar-refractivity contribution in [2.75, 3.05) is 31.7 Å². The minimum atomic E-state index is -0.135. The first-order valence-electron chi connectivity index (χ1n) is 7.02. The van der Waals surface area contributed by atoms with Gasteiger partial charge in [0.15, 0.2) is 0 Å². The Labute approximate surface area is 114 Å². The van der Waals surface area contributed by atoms with E-state index in [2.05, 4.69) is 10.2 Å². The third-order valence-corrected chi connectivity index (χ3v) is 3.71. The van der Waals surface area contributed by atoms with Crippen LogP contribution in [-0.2, 0) is 11.3 Å². The van der Waals surface area contributed by atoms with Gasteiger partial charge in [-0.2, -0.15) is 0 Å². The maximum absolute atomic E-state index is 14.2. The van der Waals surface area contributed by atoms with Crippen molar-refractivity contribution in [3.05, 3.63) is 29.6 Å². The summed E-state index contributed by atoms with van der Waals surface area (Å²) in [6, 6.07) is 5.89. The van der Waals surface area contributed by atoms with Crippen LogP contribution in [0.3, 0.4) is 0 Å². The summed E-state index contributed by atoms with van der Waals surface area (Å²) in [7, 11) is 1.97. The Balaban J connectivity index is 2.06. The van der Waals surface area contributed by atoms with Crippen molar-refractivity contribution < 1.29 is 9.13 Å². The molecule has 2 rings (SSSR count). The molecule has 0 unspecified atom stereocenters. The van der Waals surface area contributed by atoms with Crippen LogP contribution < -0.4 is 10.2 Å². The summed E-state index contributed by atoms with van der Waals surface area (Å²) in [5.74, 6) is -0.135. The molecule has 0 saturated carbocycles. The molecule has 19 heavy (non-hydrogen) atoms. The third-order valence-electron chi connectivity index (χ3n) is 3.71. The molecule has 1 heterocycles. The molecule has 3 nitrogen and oxygen atoms in total. The van der Waals surface area contributed by atoms with Crippen molar-refractivity contribution in [3.63, 3.8) is 0 Å². The second-order valence-electron chi connectivity index (χ2n) is 5.02. The molecular formula is C15H23FN2O. The lowest BCUT2D eigenvalue weighted by molar-refractivity contribution is 0.0853. The SMILES string of the molecule is CCNCc1ccc(N(C)C2CCOCC2)c(F)c1. The number of halogens is 1. The Morgan fingerprint density at radius 3 is 2.74 bits per heavy atom. The molecule has 106 valence electrons. The van der Waals surface area contributed by atoms with E-state index in [4.69, 9.17) is 4.74 Å². The van der Waals surface area contributed by atoms with Crippen LogP contribution in [0.15, 0.2) is 18.2 Å². The summed E-state index contributed by atoms with van der Waals surface area (Å²) < 4.78 is 19.5. The van der Waals surface area contributed by atoms with E-state index in [-0.39, 0.29) is 5.82 Å². The molecule has 0 aliphatic carbocycles. The van der Waals surface area contributed by atoms with Gasteiger partial charge in [0.1, 0.15) is 5.82 Å². The predicted molar refractivity (Wildman–Crippen MR) is 76.0 cm³/mol. The molecule has 1 aliphatic rings. The highest BCUT2D eigenvalue weighted by atomic mass is 19.1. The fraction of sp³-hybridized carbons (Fsp3) is 0.600. The van der Waals surface area contributed by atoms with Gasteiger partial charge in [0.05, 0.1) is 5.69 Å². The molecule has 4 heteroatoms. The number of hydrogen-bond donors (Lipinski definition) is 1. The number of anilines is 1. The minimum absolute atomic E-state index is 0.135. The van der Waals surface area contributed by atoms with Crippen LogP contribution in [0.1, 0.15) is 25.3 Å². The van der Waals surface area contributed by atoms with Crippen molar-refractivity contribution in [1.29, 1.82) is 0 Å². The highest BCUT2D eigenvalue weighted by molar-refractivity contribution is 5.49. The van der Waals surface area contributed by atoms with Crippen LogP contribution in [-0.4, -0.2) is 32.8 Å². The van der Waals surface area contributed by atoms with E-state index < -0.39 is 0 Å². The van der Waals surface area contributed by atoms with E-state index in [1.807, 2.05) is 26.1 Å². The smallest absolute Gasteiger partial charge is 0.146 e. The third kappa shape index (κ3) is 3.67. The highest BCUT2D eigenvalue weighted by Crippen LogP contribution is 2.24. The fourth-order valence-electron chi connectivity index (χ4n) is 2.48. The van der Waals surface area contributed by atoms with Gasteiger partial charge < -0.3 is 15.0 Å². The second-order valence-corrected chi connectivity index (χ2v) is 5.02. The zero-order chi connectivity index (χ0) is 13.7. The maximum atomic E-state index is 14.2. The molecule has 1 N–H and O–H groups in total. The molecule has 0 atom stereocenters. The normalized spacial score (nSPS) is 16.6. The van der Waals surface area contributed by atoms with Crippen molar-refractivity contribution in [3.8, 4) is 0 Å². The summed E-state index contributed by atoms with van der Waals surface area (Å²) >= 11 is 0.